The Kier molecular flexibility index (Phi) is 6.56. The standard InChI is InChI=1S/C14H9Cl4NO3S/c15-8-5-9(16)13(18)14(12(8)17)19-10(20)6-22-11(21)4-7-2-1-3-23-7/h1-3,5H,4,6H2,(H,19,20). The summed E-state index contributed by atoms with van der Waals surface area (Å²) in [5.41, 5.74) is 0.0742. The van der Waals surface area contributed by atoms with Crippen molar-refractivity contribution in [2.24, 2.45) is 0 Å². The number of halogens is 4. The molecule has 122 valence electrons. The van der Waals surface area contributed by atoms with Crippen molar-refractivity contribution >= 4 is 75.3 Å². The summed E-state index contributed by atoms with van der Waals surface area (Å²) in [6, 6.07) is 5.00. The van der Waals surface area contributed by atoms with E-state index in [4.69, 9.17) is 51.1 Å². The molecule has 0 saturated carbocycles. The predicted octanol–water partition coefficient (Wildman–Crippen LogP) is 5.09. The van der Waals surface area contributed by atoms with Crippen LogP contribution in [-0.2, 0) is 20.7 Å². The number of anilines is 1. The van der Waals surface area contributed by atoms with Crippen molar-refractivity contribution < 1.29 is 14.3 Å². The van der Waals surface area contributed by atoms with E-state index in [1.54, 1.807) is 6.07 Å². The van der Waals surface area contributed by atoms with E-state index < -0.39 is 18.5 Å². The van der Waals surface area contributed by atoms with Gasteiger partial charge in [0, 0.05) is 4.88 Å². The van der Waals surface area contributed by atoms with E-state index in [0.717, 1.165) is 4.88 Å². The molecule has 2 rings (SSSR count). The largest absolute Gasteiger partial charge is 0.455 e. The van der Waals surface area contributed by atoms with Crippen LogP contribution in [0.25, 0.3) is 0 Å². The van der Waals surface area contributed by atoms with Crippen molar-refractivity contribution in [1.29, 1.82) is 0 Å². The molecule has 0 bridgehead atoms. The van der Waals surface area contributed by atoms with Crippen LogP contribution in [0.3, 0.4) is 0 Å². The molecular weight excluding hydrogens is 404 g/mol. The lowest BCUT2D eigenvalue weighted by atomic mass is 10.3. The highest BCUT2D eigenvalue weighted by Crippen LogP contribution is 2.40. The van der Waals surface area contributed by atoms with E-state index in [1.807, 2.05) is 11.4 Å². The van der Waals surface area contributed by atoms with Crippen molar-refractivity contribution in [2.75, 3.05) is 11.9 Å². The van der Waals surface area contributed by atoms with Crippen molar-refractivity contribution in [3.63, 3.8) is 0 Å². The first-order chi connectivity index (χ1) is 10.9. The van der Waals surface area contributed by atoms with Gasteiger partial charge in [-0.05, 0) is 17.5 Å². The summed E-state index contributed by atoms with van der Waals surface area (Å²) in [5.74, 6) is -1.12. The Bertz CT molecular complexity index is 708. The Morgan fingerprint density at radius 3 is 2.35 bits per heavy atom. The molecule has 1 aromatic carbocycles. The third-order valence-electron chi connectivity index (χ3n) is 2.64. The molecule has 0 atom stereocenters. The van der Waals surface area contributed by atoms with Crippen LogP contribution in [-0.4, -0.2) is 18.5 Å². The van der Waals surface area contributed by atoms with Gasteiger partial charge in [0.05, 0.1) is 32.2 Å². The van der Waals surface area contributed by atoms with E-state index >= 15 is 0 Å². The quantitative estimate of drug-likeness (QED) is 0.549. The molecule has 0 aliphatic rings. The van der Waals surface area contributed by atoms with Gasteiger partial charge in [-0.25, -0.2) is 0 Å². The molecular formula is C14H9Cl4NO3S. The molecule has 0 fully saturated rings. The molecule has 1 aromatic heterocycles. The molecule has 1 heterocycles. The lowest BCUT2D eigenvalue weighted by Gasteiger charge is -2.12. The van der Waals surface area contributed by atoms with Crippen LogP contribution in [0, 0.1) is 0 Å². The van der Waals surface area contributed by atoms with E-state index in [0.29, 0.717) is 0 Å². The van der Waals surface area contributed by atoms with Gasteiger partial charge in [-0.2, -0.15) is 0 Å². The number of carbonyl (C=O) groups is 2. The van der Waals surface area contributed by atoms with Gasteiger partial charge < -0.3 is 10.1 Å². The number of thiophene rings is 1. The van der Waals surface area contributed by atoms with Gasteiger partial charge in [0.2, 0.25) is 0 Å². The fraction of sp³-hybridized carbons (Fsp3) is 0.143. The summed E-state index contributed by atoms with van der Waals surface area (Å²) in [6.07, 6.45) is 0.107. The highest BCUT2D eigenvalue weighted by Gasteiger charge is 2.17. The summed E-state index contributed by atoms with van der Waals surface area (Å²) in [5, 5.41) is 4.68. The number of nitrogens with one attached hydrogen (secondary N) is 1. The fourth-order valence-electron chi connectivity index (χ4n) is 1.61. The van der Waals surface area contributed by atoms with Crippen LogP contribution in [0.15, 0.2) is 23.6 Å². The third kappa shape index (κ3) is 4.99. The summed E-state index contributed by atoms with van der Waals surface area (Å²) in [6.45, 7) is -0.471. The number of rotatable bonds is 5. The summed E-state index contributed by atoms with van der Waals surface area (Å²) < 4.78 is 4.89. The van der Waals surface area contributed by atoms with Crippen LogP contribution in [0.4, 0.5) is 5.69 Å². The minimum Gasteiger partial charge on any atom is -0.455 e. The Labute approximate surface area is 156 Å². The first-order valence-electron chi connectivity index (χ1n) is 6.19. The smallest absolute Gasteiger partial charge is 0.311 e. The molecule has 23 heavy (non-hydrogen) atoms. The monoisotopic (exact) mass is 411 g/mol. The van der Waals surface area contributed by atoms with Gasteiger partial charge in [0.25, 0.3) is 5.91 Å². The maximum absolute atomic E-state index is 11.9. The third-order valence-corrected chi connectivity index (χ3v) is 5.09. The molecule has 0 aliphatic heterocycles. The normalized spacial score (nSPS) is 10.4. The second kappa shape index (κ2) is 8.22. The van der Waals surface area contributed by atoms with Gasteiger partial charge in [-0.3, -0.25) is 9.59 Å². The van der Waals surface area contributed by atoms with Gasteiger partial charge in [0.15, 0.2) is 6.61 Å². The fourth-order valence-corrected chi connectivity index (χ4v) is 3.21. The lowest BCUT2D eigenvalue weighted by molar-refractivity contribution is -0.146. The topological polar surface area (TPSA) is 55.4 Å². The second-order valence-corrected chi connectivity index (χ2v) is 6.91. The number of benzene rings is 1. The van der Waals surface area contributed by atoms with E-state index in [-0.39, 0.29) is 32.2 Å². The van der Waals surface area contributed by atoms with Gasteiger partial charge >= 0.3 is 5.97 Å². The minimum atomic E-state index is -0.605. The Balaban J connectivity index is 1.94. The maximum atomic E-state index is 11.9. The number of carbonyl (C=O) groups excluding carboxylic acids is 2. The number of amides is 1. The average molecular weight is 413 g/mol. The SMILES string of the molecule is O=C(COC(=O)Cc1cccs1)Nc1c(Cl)c(Cl)cc(Cl)c1Cl. The maximum Gasteiger partial charge on any atom is 0.311 e. The molecule has 0 saturated heterocycles. The Morgan fingerprint density at radius 2 is 1.78 bits per heavy atom. The molecule has 0 spiro atoms. The van der Waals surface area contributed by atoms with Crippen LogP contribution < -0.4 is 5.32 Å². The summed E-state index contributed by atoms with van der Waals surface area (Å²) >= 11 is 25.1. The molecule has 1 amide bonds. The van der Waals surface area contributed by atoms with Crippen molar-refractivity contribution in [1.82, 2.24) is 0 Å². The number of ether oxygens (including phenoxy) is 1. The van der Waals surface area contributed by atoms with Crippen molar-refractivity contribution in [2.45, 2.75) is 6.42 Å². The number of esters is 1. The Morgan fingerprint density at radius 1 is 1.13 bits per heavy atom. The van der Waals surface area contributed by atoms with Gasteiger partial charge in [0.1, 0.15) is 0 Å². The number of hydrogen-bond donors (Lipinski definition) is 1. The van der Waals surface area contributed by atoms with Crippen molar-refractivity contribution in [3.8, 4) is 0 Å². The lowest BCUT2D eigenvalue weighted by Crippen LogP contribution is -2.22. The zero-order chi connectivity index (χ0) is 17.0. The minimum absolute atomic E-state index is 0.0549. The van der Waals surface area contributed by atoms with E-state index in [2.05, 4.69) is 5.32 Å². The predicted molar refractivity (Wildman–Crippen MR) is 94.1 cm³/mol. The highest BCUT2D eigenvalue weighted by molar-refractivity contribution is 7.10. The summed E-state index contributed by atoms with van der Waals surface area (Å²) in [7, 11) is 0. The van der Waals surface area contributed by atoms with E-state index in [9.17, 15) is 9.59 Å². The molecule has 4 nitrogen and oxygen atoms in total. The van der Waals surface area contributed by atoms with Crippen LogP contribution in [0.1, 0.15) is 4.88 Å². The van der Waals surface area contributed by atoms with Gasteiger partial charge in [-0.15, -0.1) is 11.3 Å². The first-order valence-corrected chi connectivity index (χ1v) is 8.58. The Hall–Kier alpha value is -0.980. The van der Waals surface area contributed by atoms with Crippen LogP contribution in [0.5, 0.6) is 0 Å². The number of hydrogen-bond acceptors (Lipinski definition) is 4. The van der Waals surface area contributed by atoms with Crippen LogP contribution >= 0.6 is 57.7 Å². The molecule has 9 heteroatoms. The molecule has 2 aromatic rings. The zero-order valence-corrected chi connectivity index (χ0v) is 15.2. The second-order valence-electron chi connectivity index (χ2n) is 4.31. The molecule has 0 aliphatic carbocycles. The first kappa shape index (κ1) is 18.4. The average Bonchev–Trinajstić information content (AvgIpc) is 3.00. The van der Waals surface area contributed by atoms with Crippen molar-refractivity contribution in [3.05, 3.63) is 48.5 Å². The summed E-state index contributed by atoms with van der Waals surface area (Å²) in [4.78, 5) is 24.3. The molecule has 1 N–H and O–H groups in total. The van der Waals surface area contributed by atoms with E-state index in [1.165, 1.54) is 17.4 Å². The molecule has 0 unspecified atom stereocenters. The van der Waals surface area contributed by atoms with Gasteiger partial charge in [-0.1, -0.05) is 52.5 Å². The highest BCUT2D eigenvalue weighted by atomic mass is 35.5. The zero-order valence-electron chi connectivity index (χ0n) is 11.4. The van der Waals surface area contributed by atoms with Crippen LogP contribution in [0.2, 0.25) is 20.1 Å². The molecule has 0 radical (unpaired) electrons.